The van der Waals surface area contributed by atoms with Crippen LogP contribution in [0.3, 0.4) is 0 Å². The van der Waals surface area contributed by atoms with E-state index in [-0.39, 0.29) is 6.04 Å². The average Bonchev–Trinajstić information content (AvgIpc) is 2.82. The fourth-order valence-electron chi connectivity index (χ4n) is 3.05. The van der Waals surface area contributed by atoms with Crippen molar-refractivity contribution in [3.8, 4) is 0 Å². The summed E-state index contributed by atoms with van der Waals surface area (Å²) in [6, 6.07) is 0.295. The quantitative estimate of drug-likeness (QED) is 0.730. The fraction of sp³-hybridized carbons (Fsp3) is 1.00. The number of piperidine rings is 1. The second kappa shape index (κ2) is 6.49. The molecule has 0 spiro atoms. The van der Waals surface area contributed by atoms with Gasteiger partial charge in [0.1, 0.15) is 0 Å². The van der Waals surface area contributed by atoms with Gasteiger partial charge in [0.25, 0.3) is 10.2 Å². The topological polar surface area (TPSA) is 78.7 Å². The van der Waals surface area contributed by atoms with Crippen LogP contribution >= 0.6 is 0 Å². The molecule has 3 N–H and O–H groups in total. The van der Waals surface area contributed by atoms with Crippen molar-refractivity contribution in [2.75, 3.05) is 33.2 Å². The minimum atomic E-state index is -3.38. The highest BCUT2D eigenvalue weighted by Crippen LogP contribution is 2.19. The summed E-state index contributed by atoms with van der Waals surface area (Å²) in [5, 5.41) is 0. The molecule has 7 heteroatoms. The summed E-state index contributed by atoms with van der Waals surface area (Å²) in [4.78, 5) is 2.22. The molecule has 2 aliphatic heterocycles. The van der Waals surface area contributed by atoms with Crippen LogP contribution in [-0.2, 0) is 10.2 Å². The molecule has 0 amide bonds. The smallest absolute Gasteiger partial charge is 0.279 e. The van der Waals surface area contributed by atoms with Gasteiger partial charge in [-0.15, -0.1) is 0 Å². The maximum absolute atomic E-state index is 12.4. The normalized spacial score (nSPS) is 30.8. The van der Waals surface area contributed by atoms with Crippen LogP contribution in [0.15, 0.2) is 0 Å². The van der Waals surface area contributed by atoms with E-state index in [1.54, 1.807) is 4.31 Å². The second-order valence-electron chi connectivity index (χ2n) is 5.63. The maximum Gasteiger partial charge on any atom is 0.279 e. The first-order chi connectivity index (χ1) is 9.04. The molecular formula is C12H26N4O2S. The van der Waals surface area contributed by atoms with E-state index >= 15 is 0 Å². The number of likely N-dealkylation sites (tertiary alicyclic amines) is 1. The summed E-state index contributed by atoms with van der Waals surface area (Å²) in [7, 11) is -1.33. The van der Waals surface area contributed by atoms with E-state index in [0.29, 0.717) is 25.7 Å². The van der Waals surface area contributed by atoms with Crippen LogP contribution in [0.5, 0.6) is 0 Å². The highest BCUT2D eigenvalue weighted by molar-refractivity contribution is 7.87. The third-order valence-corrected chi connectivity index (χ3v) is 5.96. The number of nitrogens with zero attached hydrogens (tertiary/aromatic N) is 2. The molecule has 0 aromatic rings. The number of likely N-dealkylation sites (N-methyl/N-ethyl adjacent to an activating group) is 1. The monoisotopic (exact) mass is 290 g/mol. The van der Waals surface area contributed by atoms with E-state index in [1.807, 2.05) is 0 Å². The standard InChI is InChI=1S/C12H26N4O2S/c1-15-7-4-6-12(15)10-14-19(17,18)16-8-3-2-5-11(16)9-13/h11-12,14H,2-10,13H2,1H3. The summed E-state index contributed by atoms with van der Waals surface area (Å²) in [6.07, 6.45) is 5.10. The van der Waals surface area contributed by atoms with E-state index in [4.69, 9.17) is 5.73 Å². The van der Waals surface area contributed by atoms with Gasteiger partial charge in [0.05, 0.1) is 0 Å². The van der Waals surface area contributed by atoms with Gasteiger partial charge in [-0.2, -0.15) is 12.7 Å². The molecule has 0 bridgehead atoms. The van der Waals surface area contributed by atoms with Gasteiger partial charge < -0.3 is 10.6 Å². The zero-order valence-electron chi connectivity index (χ0n) is 11.7. The van der Waals surface area contributed by atoms with Crippen LogP contribution in [0.2, 0.25) is 0 Å². The SMILES string of the molecule is CN1CCCC1CNS(=O)(=O)N1CCCCC1CN. The molecular weight excluding hydrogens is 264 g/mol. The molecule has 112 valence electrons. The van der Waals surface area contributed by atoms with E-state index in [0.717, 1.165) is 38.6 Å². The fourth-order valence-corrected chi connectivity index (χ4v) is 4.57. The van der Waals surface area contributed by atoms with Crippen molar-refractivity contribution in [2.24, 2.45) is 5.73 Å². The highest BCUT2D eigenvalue weighted by atomic mass is 32.2. The van der Waals surface area contributed by atoms with Crippen molar-refractivity contribution < 1.29 is 8.42 Å². The molecule has 2 heterocycles. The molecule has 2 saturated heterocycles. The minimum Gasteiger partial charge on any atom is -0.329 e. The molecule has 2 unspecified atom stereocenters. The summed E-state index contributed by atoms with van der Waals surface area (Å²) in [6.45, 7) is 2.57. The van der Waals surface area contributed by atoms with Crippen molar-refractivity contribution in [2.45, 2.75) is 44.2 Å². The van der Waals surface area contributed by atoms with Crippen LogP contribution in [0, 0.1) is 0 Å². The van der Waals surface area contributed by atoms with Gasteiger partial charge in [0.15, 0.2) is 0 Å². The largest absolute Gasteiger partial charge is 0.329 e. The Hall–Kier alpha value is -0.210. The van der Waals surface area contributed by atoms with Crippen LogP contribution in [0.25, 0.3) is 0 Å². The molecule has 6 nitrogen and oxygen atoms in total. The van der Waals surface area contributed by atoms with Crippen LogP contribution < -0.4 is 10.5 Å². The van der Waals surface area contributed by atoms with E-state index in [1.165, 1.54) is 0 Å². The Bertz CT molecular complexity index is 387. The summed E-state index contributed by atoms with van der Waals surface area (Å²) in [5.74, 6) is 0. The third kappa shape index (κ3) is 3.66. The molecule has 0 aromatic heterocycles. The summed E-state index contributed by atoms with van der Waals surface area (Å²) < 4.78 is 29.0. The molecule has 2 fully saturated rings. The molecule has 2 atom stereocenters. The molecule has 19 heavy (non-hydrogen) atoms. The second-order valence-corrected chi connectivity index (χ2v) is 7.33. The minimum absolute atomic E-state index is 0.0347. The molecule has 0 saturated carbocycles. The Morgan fingerprint density at radius 3 is 2.53 bits per heavy atom. The number of nitrogens with two attached hydrogens (primary N) is 1. The van der Waals surface area contributed by atoms with E-state index in [2.05, 4.69) is 16.7 Å². The number of hydrogen-bond donors (Lipinski definition) is 2. The Morgan fingerprint density at radius 2 is 1.89 bits per heavy atom. The lowest BCUT2D eigenvalue weighted by atomic mass is 10.1. The Morgan fingerprint density at radius 1 is 1.16 bits per heavy atom. The van der Waals surface area contributed by atoms with Gasteiger partial charge >= 0.3 is 0 Å². The average molecular weight is 290 g/mol. The Balaban J connectivity index is 1.93. The lowest BCUT2D eigenvalue weighted by Gasteiger charge is -2.34. The van der Waals surface area contributed by atoms with Gasteiger partial charge in [0, 0.05) is 31.7 Å². The first-order valence-electron chi connectivity index (χ1n) is 7.21. The summed E-state index contributed by atoms with van der Waals surface area (Å²) in [5.41, 5.74) is 5.69. The molecule has 0 aromatic carbocycles. The van der Waals surface area contributed by atoms with Crippen molar-refractivity contribution in [3.63, 3.8) is 0 Å². The first kappa shape index (κ1) is 15.2. The van der Waals surface area contributed by atoms with Crippen molar-refractivity contribution in [1.29, 1.82) is 0 Å². The van der Waals surface area contributed by atoms with Crippen LogP contribution in [0.4, 0.5) is 0 Å². The van der Waals surface area contributed by atoms with Gasteiger partial charge in [-0.3, -0.25) is 0 Å². The molecule has 0 radical (unpaired) electrons. The molecule has 2 aliphatic rings. The number of hydrogen-bond acceptors (Lipinski definition) is 4. The Labute approximate surface area is 116 Å². The van der Waals surface area contributed by atoms with Gasteiger partial charge in [-0.25, -0.2) is 4.72 Å². The zero-order valence-corrected chi connectivity index (χ0v) is 12.5. The molecule has 0 aliphatic carbocycles. The van der Waals surface area contributed by atoms with Crippen molar-refractivity contribution >= 4 is 10.2 Å². The predicted molar refractivity (Wildman–Crippen MR) is 76.0 cm³/mol. The molecule has 2 rings (SSSR count). The van der Waals surface area contributed by atoms with Gasteiger partial charge in [-0.05, 0) is 39.3 Å². The maximum atomic E-state index is 12.4. The van der Waals surface area contributed by atoms with Crippen molar-refractivity contribution in [1.82, 2.24) is 13.9 Å². The lowest BCUT2D eigenvalue weighted by Crippen LogP contribution is -2.53. The van der Waals surface area contributed by atoms with Gasteiger partial charge in [-0.1, -0.05) is 6.42 Å². The van der Waals surface area contributed by atoms with Crippen molar-refractivity contribution in [3.05, 3.63) is 0 Å². The van der Waals surface area contributed by atoms with E-state index in [9.17, 15) is 8.42 Å². The van der Waals surface area contributed by atoms with Gasteiger partial charge in [0.2, 0.25) is 0 Å². The Kier molecular flexibility index (Phi) is 5.19. The van der Waals surface area contributed by atoms with E-state index < -0.39 is 10.2 Å². The third-order valence-electron chi connectivity index (χ3n) is 4.33. The predicted octanol–water partition coefficient (Wildman–Crippen LogP) is -0.272. The first-order valence-corrected chi connectivity index (χ1v) is 8.65. The lowest BCUT2D eigenvalue weighted by molar-refractivity contribution is 0.251. The van der Waals surface area contributed by atoms with Crippen LogP contribution in [-0.4, -0.2) is 62.9 Å². The summed E-state index contributed by atoms with van der Waals surface area (Å²) >= 11 is 0. The van der Waals surface area contributed by atoms with Crippen LogP contribution in [0.1, 0.15) is 32.1 Å². The number of nitrogens with one attached hydrogen (secondary N) is 1. The zero-order chi connectivity index (χ0) is 13.9. The highest BCUT2D eigenvalue weighted by Gasteiger charge is 2.32. The number of rotatable bonds is 5.